The zero-order valence-electron chi connectivity index (χ0n) is 11.6. The number of nitrogens with zero attached hydrogens (tertiary/aromatic N) is 1. The van der Waals surface area contributed by atoms with Gasteiger partial charge in [0.25, 0.3) is 0 Å². The summed E-state index contributed by atoms with van der Waals surface area (Å²) in [6.45, 7) is 4.47. The highest BCUT2D eigenvalue weighted by atomic mass is 16.4. The van der Waals surface area contributed by atoms with Crippen molar-refractivity contribution in [3.8, 4) is 0 Å². The first kappa shape index (κ1) is 15.5. The van der Waals surface area contributed by atoms with Crippen molar-refractivity contribution in [1.29, 1.82) is 0 Å². The van der Waals surface area contributed by atoms with E-state index in [4.69, 9.17) is 10.9 Å². The summed E-state index contributed by atoms with van der Waals surface area (Å²) in [6, 6.07) is 6.68. The molecule has 0 atom stereocenters. The molecule has 0 spiro atoms. The Morgan fingerprint density at radius 2 is 1.80 bits per heavy atom. The number of carbonyl (C=O) groups is 2. The lowest BCUT2D eigenvalue weighted by atomic mass is 9.91. The van der Waals surface area contributed by atoms with Crippen molar-refractivity contribution in [3.05, 3.63) is 24.3 Å². The predicted molar refractivity (Wildman–Crippen MR) is 76.6 cm³/mol. The SMILES string of the molecule is CC(=O)Nc1cccc(NC(=O)C(C)(C)C(N)=NO)c1. The summed E-state index contributed by atoms with van der Waals surface area (Å²) in [6.07, 6.45) is 0. The standard InChI is InChI=1S/C13H18N4O3/c1-8(18)15-9-5-4-6-10(7-9)16-12(19)13(2,3)11(14)17-20/h4-7,20H,1-3H3,(H2,14,17)(H,15,18)(H,16,19). The number of amidine groups is 1. The minimum atomic E-state index is -1.15. The van der Waals surface area contributed by atoms with Crippen LogP contribution in [0.15, 0.2) is 29.4 Å². The number of nitrogens with two attached hydrogens (primary N) is 1. The van der Waals surface area contributed by atoms with Crippen LogP contribution in [0.25, 0.3) is 0 Å². The molecule has 1 aromatic rings. The molecule has 7 nitrogen and oxygen atoms in total. The molecule has 5 N–H and O–H groups in total. The summed E-state index contributed by atoms with van der Waals surface area (Å²) in [7, 11) is 0. The van der Waals surface area contributed by atoms with Crippen molar-refractivity contribution in [3.63, 3.8) is 0 Å². The molecule has 7 heteroatoms. The third kappa shape index (κ3) is 3.71. The van der Waals surface area contributed by atoms with Crippen molar-refractivity contribution < 1.29 is 14.8 Å². The van der Waals surface area contributed by atoms with Crippen molar-refractivity contribution in [1.82, 2.24) is 0 Å². The van der Waals surface area contributed by atoms with Gasteiger partial charge in [-0.15, -0.1) is 0 Å². The fourth-order valence-electron chi connectivity index (χ4n) is 1.41. The third-order valence-electron chi connectivity index (χ3n) is 2.76. The van der Waals surface area contributed by atoms with Gasteiger partial charge in [-0.3, -0.25) is 9.59 Å². The van der Waals surface area contributed by atoms with Crippen LogP contribution in [0.5, 0.6) is 0 Å². The predicted octanol–water partition coefficient (Wildman–Crippen LogP) is 1.36. The third-order valence-corrected chi connectivity index (χ3v) is 2.76. The van der Waals surface area contributed by atoms with Gasteiger partial charge in [0.05, 0.1) is 0 Å². The number of benzene rings is 1. The largest absolute Gasteiger partial charge is 0.409 e. The molecule has 0 radical (unpaired) electrons. The van der Waals surface area contributed by atoms with Crippen LogP contribution in [0.4, 0.5) is 11.4 Å². The smallest absolute Gasteiger partial charge is 0.237 e. The second-order valence-electron chi connectivity index (χ2n) is 4.83. The molecule has 0 fully saturated rings. The van der Waals surface area contributed by atoms with Gasteiger partial charge in [-0.1, -0.05) is 11.2 Å². The lowest BCUT2D eigenvalue weighted by molar-refractivity contribution is -0.121. The Balaban J connectivity index is 2.88. The van der Waals surface area contributed by atoms with Crippen LogP contribution in [-0.4, -0.2) is 22.9 Å². The molecule has 0 saturated carbocycles. The molecule has 0 aliphatic heterocycles. The quantitative estimate of drug-likeness (QED) is 0.288. The molecule has 108 valence electrons. The topological polar surface area (TPSA) is 117 Å². The summed E-state index contributed by atoms with van der Waals surface area (Å²) in [5, 5.41) is 16.8. The maximum absolute atomic E-state index is 12.1. The molecule has 1 aromatic carbocycles. The van der Waals surface area contributed by atoms with Gasteiger partial charge >= 0.3 is 0 Å². The van der Waals surface area contributed by atoms with Crippen molar-refractivity contribution in [2.75, 3.05) is 10.6 Å². The van der Waals surface area contributed by atoms with Crippen LogP contribution in [0.1, 0.15) is 20.8 Å². The van der Waals surface area contributed by atoms with Gasteiger partial charge < -0.3 is 21.6 Å². The fourth-order valence-corrected chi connectivity index (χ4v) is 1.41. The Bertz CT molecular complexity index is 552. The van der Waals surface area contributed by atoms with Crippen LogP contribution in [-0.2, 0) is 9.59 Å². The van der Waals surface area contributed by atoms with E-state index in [1.807, 2.05) is 0 Å². The lowest BCUT2D eigenvalue weighted by Gasteiger charge is -2.21. The molecular formula is C13H18N4O3. The summed E-state index contributed by atoms with van der Waals surface area (Å²) in [5.41, 5.74) is 5.40. The van der Waals surface area contributed by atoms with Gasteiger partial charge in [-0.25, -0.2) is 0 Å². The zero-order valence-corrected chi connectivity index (χ0v) is 11.6. The zero-order chi connectivity index (χ0) is 15.3. The maximum atomic E-state index is 12.1. The maximum Gasteiger partial charge on any atom is 0.237 e. The number of oxime groups is 1. The molecule has 1 rings (SSSR count). The van der Waals surface area contributed by atoms with Crippen LogP contribution < -0.4 is 16.4 Å². The Labute approximate surface area is 116 Å². The average Bonchev–Trinajstić information content (AvgIpc) is 2.37. The molecule has 20 heavy (non-hydrogen) atoms. The Hall–Kier alpha value is -2.57. The van der Waals surface area contributed by atoms with Gasteiger partial charge in [-0.05, 0) is 32.0 Å². The number of rotatable bonds is 4. The summed E-state index contributed by atoms with van der Waals surface area (Å²) in [5.74, 6) is -0.814. The van der Waals surface area contributed by atoms with Crippen LogP contribution >= 0.6 is 0 Å². The van der Waals surface area contributed by atoms with E-state index in [1.165, 1.54) is 20.8 Å². The number of hydrogen-bond acceptors (Lipinski definition) is 4. The minimum Gasteiger partial charge on any atom is -0.409 e. The van der Waals surface area contributed by atoms with Gasteiger partial charge in [0, 0.05) is 18.3 Å². The van der Waals surface area contributed by atoms with Crippen LogP contribution in [0.3, 0.4) is 0 Å². The highest BCUT2D eigenvalue weighted by molar-refractivity contribution is 6.11. The number of carbonyl (C=O) groups excluding carboxylic acids is 2. The van der Waals surface area contributed by atoms with E-state index in [0.717, 1.165) is 0 Å². The monoisotopic (exact) mass is 278 g/mol. The van der Waals surface area contributed by atoms with E-state index in [1.54, 1.807) is 24.3 Å². The Morgan fingerprint density at radius 1 is 1.25 bits per heavy atom. The van der Waals surface area contributed by atoms with E-state index in [9.17, 15) is 9.59 Å². The molecule has 0 aliphatic carbocycles. The molecule has 0 aromatic heterocycles. The van der Waals surface area contributed by atoms with Crippen molar-refractivity contribution >= 4 is 29.0 Å². The Morgan fingerprint density at radius 3 is 2.30 bits per heavy atom. The molecule has 2 amide bonds. The molecular weight excluding hydrogens is 260 g/mol. The average molecular weight is 278 g/mol. The second kappa shape index (κ2) is 6.05. The first-order valence-corrected chi connectivity index (χ1v) is 5.94. The van der Waals surface area contributed by atoms with Crippen LogP contribution in [0, 0.1) is 5.41 Å². The number of hydrogen-bond donors (Lipinski definition) is 4. The fraction of sp³-hybridized carbons (Fsp3) is 0.308. The van der Waals surface area contributed by atoms with Gasteiger partial charge in [0.15, 0.2) is 5.84 Å². The van der Waals surface area contributed by atoms with Crippen LogP contribution in [0.2, 0.25) is 0 Å². The number of amides is 2. The van der Waals surface area contributed by atoms with Gasteiger partial charge in [0.2, 0.25) is 11.8 Å². The van der Waals surface area contributed by atoms with E-state index < -0.39 is 11.3 Å². The Kier molecular flexibility index (Phi) is 4.68. The van der Waals surface area contributed by atoms with E-state index in [2.05, 4.69) is 15.8 Å². The van der Waals surface area contributed by atoms with E-state index in [-0.39, 0.29) is 11.7 Å². The van der Waals surface area contributed by atoms with Gasteiger partial charge in [0.1, 0.15) is 5.41 Å². The normalized spacial score (nSPS) is 11.8. The molecule has 0 saturated heterocycles. The highest BCUT2D eigenvalue weighted by Crippen LogP contribution is 2.21. The van der Waals surface area contributed by atoms with E-state index in [0.29, 0.717) is 11.4 Å². The molecule has 0 heterocycles. The number of nitrogens with one attached hydrogen (secondary N) is 2. The molecule has 0 unspecified atom stereocenters. The molecule has 0 bridgehead atoms. The van der Waals surface area contributed by atoms with Crippen molar-refractivity contribution in [2.24, 2.45) is 16.3 Å². The summed E-state index contributed by atoms with van der Waals surface area (Å²) >= 11 is 0. The lowest BCUT2D eigenvalue weighted by Crippen LogP contribution is -2.42. The van der Waals surface area contributed by atoms with Crippen molar-refractivity contribution in [2.45, 2.75) is 20.8 Å². The van der Waals surface area contributed by atoms with E-state index >= 15 is 0 Å². The first-order chi connectivity index (χ1) is 9.27. The number of anilines is 2. The summed E-state index contributed by atoms with van der Waals surface area (Å²) in [4.78, 5) is 23.1. The highest BCUT2D eigenvalue weighted by Gasteiger charge is 2.32. The molecule has 0 aliphatic rings. The first-order valence-electron chi connectivity index (χ1n) is 5.94. The second-order valence-corrected chi connectivity index (χ2v) is 4.83. The minimum absolute atomic E-state index is 0.187. The van der Waals surface area contributed by atoms with Gasteiger partial charge in [-0.2, -0.15) is 0 Å². The summed E-state index contributed by atoms with van der Waals surface area (Å²) < 4.78 is 0.